The van der Waals surface area contributed by atoms with E-state index in [4.69, 9.17) is 4.74 Å². The van der Waals surface area contributed by atoms with Gasteiger partial charge < -0.3 is 20.1 Å². The molecule has 0 saturated carbocycles. The molecule has 0 heterocycles. The summed E-state index contributed by atoms with van der Waals surface area (Å²) in [6.45, 7) is 3.43. The molecule has 0 aliphatic carbocycles. The lowest BCUT2D eigenvalue weighted by Crippen LogP contribution is -2.35. The number of phenols is 1. The van der Waals surface area contributed by atoms with E-state index in [1.54, 1.807) is 24.1 Å². The fourth-order valence-corrected chi connectivity index (χ4v) is 2.00. The lowest BCUT2D eigenvalue weighted by atomic mass is 10.2. The van der Waals surface area contributed by atoms with Crippen LogP contribution in [0.25, 0.3) is 0 Å². The Labute approximate surface area is 121 Å². The van der Waals surface area contributed by atoms with Crippen LogP contribution in [-0.2, 0) is 11.3 Å². The first-order valence-corrected chi connectivity index (χ1v) is 6.79. The number of amides is 1. The summed E-state index contributed by atoms with van der Waals surface area (Å²) in [6.07, 6.45) is 0. The molecule has 0 fully saturated rings. The number of ether oxygens (including phenoxy) is 1. The molecule has 2 N–H and O–H groups in total. The molecular formula is C13H19BrN2O3. The number of nitrogens with one attached hydrogen (secondary N) is 1. The van der Waals surface area contributed by atoms with Crippen molar-refractivity contribution in [1.82, 2.24) is 10.2 Å². The molecule has 0 aromatic heterocycles. The van der Waals surface area contributed by atoms with Gasteiger partial charge in [0, 0.05) is 20.1 Å². The van der Waals surface area contributed by atoms with Gasteiger partial charge in [-0.2, -0.15) is 0 Å². The molecule has 0 aliphatic rings. The van der Waals surface area contributed by atoms with Gasteiger partial charge >= 0.3 is 0 Å². The number of hydrogen-bond acceptors (Lipinski definition) is 4. The molecule has 5 nitrogen and oxygen atoms in total. The van der Waals surface area contributed by atoms with Gasteiger partial charge in [-0.15, -0.1) is 0 Å². The maximum absolute atomic E-state index is 11.6. The van der Waals surface area contributed by atoms with E-state index >= 15 is 0 Å². The smallest absolute Gasteiger partial charge is 0.236 e. The minimum absolute atomic E-state index is 0.0484. The Kier molecular flexibility index (Phi) is 6.11. The Morgan fingerprint density at radius 2 is 2.21 bits per heavy atom. The minimum atomic E-state index is 0.0484. The van der Waals surface area contributed by atoms with Crippen LogP contribution in [0.3, 0.4) is 0 Å². The number of carbonyl (C=O) groups is 1. The zero-order chi connectivity index (χ0) is 14.4. The third-order valence-electron chi connectivity index (χ3n) is 2.81. The topological polar surface area (TPSA) is 61.8 Å². The van der Waals surface area contributed by atoms with Gasteiger partial charge in [-0.05, 0) is 40.5 Å². The fraction of sp³-hybridized carbons (Fsp3) is 0.462. The van der Waals surface area contributed by atoms with Crippen LogP contribution in [-0.4, -0.2) is 43.2 Å². The van der Waals surface area contributed by atoms with Gasteiger partial charge in [0.15, 0.2) is 11.5 Å². The van der Waals surface area contributed by atoms with Crippen molar-refractivity contribution in [2.75, 3.05) is 27.2 Å². The SMILES string of the molecule is CCN(C)C(=O)CNCc1cc(Br)c(O)c(OC)c1. The van der Waals surface area contributed by atoms with Gasteiger partial charge in [-0.1, -0.05) is 0 Å². The number of rotatable bonds is 6. The van der Waals surface area contributed by atoms with E-state index in [2.05, 4.69) is 21.2 Å². The van der Waals surface area contributed by atoms with Crippen molar-refractivity contribution < 1.29 is 14.6 Å². The van der Waals surface area contributed by atoms with Crippen molar-refractivity contribution in [1.29, 1.82) is 0 Å². The number of methoxy groups -OCH3 is 1. The Balaban J connectivity index is 2.59. The van der Waals surface area contributed by atoms with Crippen LogP contribution < -0.4 is 10.1 Å². The Bertz CT molecular complexity index is 452. The number of carbonyl (C=O) groups excluding carboxylic acids is 1. The number of phenolic OH excluding ortho intramolecular Hbond substituents is 1. The van der Waals surface area contributed by atoms with Gasteiger partial charge in [0.2, 0.25) is 5.91 Å². The molecule has 0 radical (unpaired) electrons. The lowest BCUT2D eigenvalue weighted by molar-refractivity contribution is -0.128. The Morgan fingerprint density at radius 1 is 1.53 bits per heavy atom. The molecule has 1 amide bonds. The second-order valence-corrected chi connectivity index (χ2v) is 4.99. The Morgan fingerprint density at radius 3 is 2.79 bits per heavy atom. The maximum atomic E-state index is 11.6. The van der Waals surface area contributed by atoms with Gasteiger partial charge in [0.25, 0.3) is 0 Å². The average Bonchev–Trinajstić information content (AvgIpc) is 2.41. The summed E-state index contributed by atoms with van der Waals surface area (Å²) in [6, 6.07) is 3.53. The van der Waals surface area contributed by atoms with Crippen LogP contribution in [0, 0.1) is 0 Å². The summed E-state index contributed by atoms with van der Waals surface area (Å²) < 4.78 is 5.64. The summed E-state index contributed by atoms with van der Waals surface area (Å²) in [7, 11) is 3.27. The third-order valence-corrected chi connectivity index (χ3v) is 3.42. The average molecular weight is 331 g/mol. The summed E-state index contributed by atoms with van der Waals surface area (Å²) in [5.74, 6) is 0.531. The predicted molar refractivity (Wildman–Crippen MR) is 77.4 cm³/mol. The highest BCUT2D eigenvalue weighted by Gasteiger charge is 2.09. The van der Waals surface area contributed by atoms with Crippen molar-refractivity contribution in [3.8, 4) is 11.5 Å². The van der Waals surface area contributed by atoms with E-state index in [0.29, 0.717) is 23.3 Å². The van der Waals surface area contributed by atoms with E-state index in [1.165, 1.54) is 7.11 Å². The highest BCUT2D eigenvalue weighted by Crippen LogP contribution is 2.35. The number of likely N-dealkylation sites (N-methyl/N-ethyl adjacent to an activating group) is 1. The normalized spacial score (nSPS) is 10.3. The van der Waals surface area contributed by atoms with E-state index in [-0.39, 0.29) is 18.2 Å². The van der Waals surface area contributed by atoms with Crippen LogP contribution in [0.2, 0.25) is 0 Å². The number of aromatic hydroxyl groups is 1. The molecule has 6 heteroatoms. The lowest BCUT2D eigenvalue weighted by Gasteiger charge is -2.15. The second kappa shape index (κ2) is 7.35. The van der Waals surface area contributed by atoms with E-state index in [1.807, 2.05) is 6.92 Å². The zero-order valence-electron chi connectivity index (χ0n) is 11.4. The molecule has 1 aromatic carbocycles. The molecule has 0 unspecified atom stereocenters. The molecule has 0 saturated heterocycles. The predicted octanol–water partition coefficient (Wildman–Crippen LogP) is 1.73. The number of hydrogen-bond donors (Lipinski definition) is 2. The van der Waals surface area contributed by atoms with E-state index < -0.39 is 0 Å². The summed E-state index contributed by atoms with van der Waals surface area (Å²) in [5, 5.41) is 12.8. The number of benzene rings is 1. The van der Waals surface area contributed by atoms with Gasteiger partial charge in [0.05, 0.1) is 18.1 Å². The molecule has 0 bridgehead atoms. The second-order valence-electron chi connectivity index (χ2n) is 4.14. The Hall–Kier alpha value is -1.27. The van der Waals surface area contributed by atoms with Crippen molar-refractivity contribution in [2.45, 2.75) is 13.5 Å². The van der Waals surface area contributed by atoms with E-state index in [9.17, 15) is 9.90 Å². The number of halogens is 1. The molecule has 0 atom stereocenters. The van der Waals surface area contributed by atoms with Crippen LogP contribution in [0.15, 0.2) is 16.6 Å². The maximum Gasteiger partial charge on any atom is 0.236 e. The molecule has 1 rings (SSSR count). The molecule has 0 spiro atoms. The van der Waals surface area contributed by atoms with Crippen molar-refractivity contribution >= 4 is 21.8 Å². The summed E-state index contributed by atoms with van der Waals surface area (Å²) >= 11 is 3.26. The first kappa shape index (κ1) is 15.8. The highest BCUT2D eigenvalue weighted by molar-refractivity contribution is 9.10. The first-order chi connectivity index (χ1) is 8.99. The van der Waals surface area contributed by atoms with Gasteiger partial charge in [0.1, 0.15) is 0 Å². The van der Waals surface area contributed by atoms with Crippen molar-refractivity contribution in [3.63, 3.8) is 0 Å². The standard InChI is InChI=1S/C13H19BrN2O3/c1-4-16(2)12(17)8-15-7-9-5-10(14)13(18)11(6-9)19-3/h5-6,15,18H,4,7-8H2,1-3H3. The third kappa shape index (κ3) is 4.40. The first-order valence-electron chi connectivity index (χ1n) is 5.99. The van der Waals surface area contributed by atoms with E-state index in [0.717, 1.165) is 5.56 Å². The monoisotopic (exact) mass is 330 g/mol. The largest absolute Gasteiger partial charge is 0.503 e. The highest BCUT2D eigenvalue weighted by atomic mass is 79.9. The molecule has 106 valence electrons. The molecule has 0 aliphatic heterocycles. The quantitative estimate of drug-likeness (QED) is 0.833. The molecular weight excluding hydrogens is 312 g/mol. The van der Waals surface area contributed by atoms with Crippen LogP contribution in [0.1, 0.15) is 12.5 Å². The van der Waals surface area contributed by atoms with Gasteiger partial charge in [-0.25, -0.2) is 0 Å². The number of nitrogens with zero attached hydrogens (tertiary/aromatic N) is 1. The van der Waals surface area contributed by atoms with Crippen LogP contribution >= 0.6 is 15.9 Å². The van der Waals surface area contributed by atoms with Gasteiger partial charge in [-0.3, -0.25) is 4.79 Å². The zero-order valence-corrected chi connectivity index (χ0v) is 13.0. The summed E-state index contributed by atoms with van der Waals surface area (Å²) in [4.78, 5) is 13.3. The van der Waals surface area contributed by atoms with Crippen molar-refractivity contribution in [2.24, 2.45) is 0 Å². The minimum Gasteiger partial charge on any atom is -0.503 e. The van der Waals surface area contributed by atoms with Crippen LogP contribution in [0.5, 0.6) is 11.5 Å². The summed E-state index contributed by atoms with van der Waals surface area (Å²) in [5.41, 5.74) is 0.925. The van der Waals surface area contributed by atoms with Crippen molar-refractivity contribution in [3.05, 3.63) is 22.2 Å². The molecule has 1 aromatic rings. The molecule has 19 heavy (non-hydrogen) atoms. The van der Waals surface area contributed by atoms with Crippen LogP contribution in [0.4, 0.5) is 0 Å². The fourth-order valence-electron chi connectivity index (χ4n) is 1.51.